The Kier molecular flexibility index (Phi) is 8.28. The molecule has 1 N–H and O–H groups in total. The van der Waals surface area contributed by atoms with Gasteiger partial charge < -0.3 is 19.9 Å². The minimum absolute atomic E-state index is 0.0295. The minimum atomic E-state index is -0.507. The van der Waals surface area contributed by atoms with E-state index in [9.17, 15) is 9.59 Å². The molecule has 0 radical (unpaired) electrons. The van der Waals surface area contributed by atoms with Gasteiger partial charge in [-0.3, -0.25) is 9.59 Å². The molecule has 2 aliphatic rings. The van der Waals surface area contributed by atoms with Gasteiger partial charge in [-0.1, -0.05) is 78.0 Å². The van der Waals surface area contributed by atoms with Crippen LogP contribution in [-0.4, -0.2) is 40.9 Å². The van der Waals surface area contributed by atoms with Gasteiger partial charge in [-0.2, -0.15) is 0 Å². The van der Waals surface area contributed by atoms with Crippen molar-refractivity contribution in [3.8, 4) is 5.75 Å². The Bertz CT molecular complexity index is 1520. The van der Waals surface area contributed by atoms with Gasteiger partial charge in [-0.05, 0) is 47.7 Å². The molecule has 0 fully saturated rings. The largest absolute Gasteiger partial charge is 0.495 e. The number of carbonyl (C=O) groups excluding carboxylic acids is 2. The third-order valence-corrected chi connectivity index (χ3v) is 7.95. The zero-order valence-corrected chi connectivity index (χ0v) is 24.0. The Morgan fingerprint density at radius 3 is 2.48 bits per heavy atom. The first-order valence-electron chi connectivity index (χ1n) is 12.8. The van der Waals surface area contributed by atoms with Crippen LogP contribution in [0.15, 0.2) is 106 Å². The maximum atomic E-state index is 13.9. The first kappa shape index (κ1) is 27.6. The van der Waals surface area contributed by atoms with Crippen LogP contribution in [-0.2, 0) is 16.1 Å². The number of amidine groups is 1. The molecule has 2 aliphatic heterocycles. The number of rotatable bonds is 8. The number of hydrogen-bond acceptors (Lipinski definition) is 6. The first-order valence-corrected chi connectivity index (χ1v) is 14.0. The van der Waals surface area contributed by atoms with E-state index >= 15 is 0 Å². The lowest BCUT2D eigenvalue weighted by atomic mass is 9.93. The van der Waals surface area contributed by atoms with Crippen molar-refractivity contribution in [2.24, 2.45) is 4.99 Å². The van der Waals surface area contributed by atoms with Crippen molar-refractivity contribution in [1.82, 2.24) is 9.80 Å². The van der Waals surface area contributed by atoms with Gasteiger partial charge >= 0.3 is 0 Å². The fraction of sp³-hybridized carbons (Fsp3) is 0.194. The van der Waals surface area contributed by atoms with Gasteiger partial charge in [0.15, 0.2) is 5.17 Å². The number of hydrogen-bond donors (Lipinski definition) is 1. The number of ether oxygens (including phenoxy) is 1. The van der Waals surface area contributed by atoms with E-state index in [1.807, 2.05) is 71.8 Å². The topological polar surface area (TPSA) is 74.2 Å². The lowest BCUT2D eigenvalue weighted by Gasteiger charge is -2.37. The molecule has 3 aromatic rings. The number of para-hydroxylation sites is 2. The molecule has 2 heterocycles. The van der Waals surface area contributed by atoms with Crippen molar-refractivity contribution in [1.29, 1.82) is 0 Å². The summed E-state index contributed by atoms with van der Waals surface area (Å²) in [5, 5.41) is 6.28. The molecule has 40 heavy (non-hydrogen) atoms. The summed E-state index contributed by atoms with van der Waals surface area (Å²) in [6, 6.07) is 24.1. The highest BCUT2D eigenvalue weighted by Gasteiger charge is 2.40. The summed E-state index contributed by atoms with van der Waals surface area (Å²) in [5.74, 6) is 0.230. The summed E-state index contributed by atoms with van der Waals surface area (Å²) in [4.78, 5) is 35.7. The molecule has 1 unspecified atom stereocenters. The fourth-order valence-corrected chi connectivity index (χ4v) is 5.88. The van der Waals surface area contributed by atoms with Gasteiger partial charge in [0.05, 0.1) is 36.5 Å². The summed E-state index contributed by atoms with van der Waals surface area (Å²) in [5.41, 5.74) is 4.35. The second-order valence-electron chi connectivity index (χ2n) is 9.51. The lowest BCUT2D eigenvalue weighted by Crippen LogP contribution is -2.39. The van der Waals surface area contributed by atoms with Gasteiger partial charge in [0.1, 0.15) is 5.75 Å². The molecule has 3 aromatic carbocycles. The molecule has 0 aliphatic carbocycles. The number of nitrogens with one attached hydrogen (secondary N) is 1. The van der Waals surface area contributed by atoms with Crippen LogP contribution in [0.3, 0.4) is 0 Å². The zero-order chi connectivity index (χ0) is 28.2. The quantitative estimate of drug-likeness (QED) is 0.329. The van der Waals surface area contributed by atoms with Crippen LogP contribution < -0.4 is 10.1 Å². The zero-order valence-electron chi connectivity index (χ0n) is 22.4. The molecular formula is C31H29ClN4O3S. The highest BCUT2D eigenvalue weighted by atomic mass is 35.5. The Hall–Kier alpha value is -4.01. The molecule has 5 rings (SSSR count). The van der Waals surface area contributed by atoms with Crippen molar-refractivity contribution >= 4 is 46.0 Å². The van der Waals surface area contributed by atoms with E-state index in [2.05, 4.69) is 5.32 Å². The smallest absolute Gasteiger partial charge is 0.256 e. The molecular weight excluding hydrogens is 544 g/mol. The van der Waals surface area contributed by atoms with E-state index in [4.69, 9.17) is 21.3 Å². The molecule has 0 saturated heterocycles. The van der Waals surface area contributed by atoms with E-state index in [0.29, 0.717) is 34.3 Å². The van der Waals surface area contributed by atoms with Crippen LogP contribution in [0, 0.1) is 0 Å². The fourth-order valence-electron chi connectivity index (χ4n) is 4.79. The van der Waals surface area contributed by atoms with Crippen LogP contribution in [0.1, 0.15) is 30.5 Å². The number of allylic oxidation sites excluding steroid dienone is 1. The number of thioether (sulfide) groups is 1. The molecule has 0 spiro atoms. The second kappa shape index (κ2) is 12.0. The lowest BCUT2D eigenvalue weighted by molar-refractivity contribution is -0.129. The van der Waals surface area contributed by atoms with E-state index in [1.165, 1.54) is 11.8 Å². The molecule has 204 valence electrons. The number of carbonyl (C=O) groups is 2. The molecule has 0 aromatic heterocycles. The number of fused-ring (bicyclic) bond motifs is 1. The third kappa shape index (κ3) is 5.78. The number of anilines is 1. The molecule has 9 heteroatoms. The normalized spacial score (nSPS) is 16.2. The van der Waals surface area contributed by atoms with Crippen LogP contribution in [0.5, 0.6) is 5.75 Å². The average Bonchev–Trinajstić information content (AvgIpc) is 3.35. The predicted octanol–water partition coefficient (Wildman–Crippen LogP) is 6.61. The SMILES string of the molecule is COc1ccccc1NC(=O)C1=C(C)N=C2SC=C(CC(=O)N(C)Cc3ccccc3)N2C1c1ccc(Cl)cc1. The molecule has 7 nitrogen and oxygen atoms in total. The van der Waals surface area contributed by atoms with Crippen molar-refractivity contribution < 1.29 is 14.3 Å². The van der Waals surface area contributed by atoms with Crippen LogP contribution >= 0.6 is 23.4 Å². The summed E-state index contributed by atoms with van der Waals surface area (Å²) in [6.07, 6.45) is 0.167. The third-order valence-electron chi connectivity index (χ3n) is 6.81. The summed E-state index contributed by atoms with van der Waals surface area (Å²) in [6.45, 7) is 2.34. The molecule has 0 bridgehead atoms. The molecule has 0 saturated carbocycles. The summed E-state index contributed by atoms with van der Waals surface area (Å²) in [7, 11) is 3.36. The van der Waals surface area contributed by atoms with E-state index in [0.717, 1.165) is 22.0 Å². The highest BCUT2D eigenvalue weighted by Crippen LogP contribution is 2.45. The van der Waals surface area contributed by atoms with Crippen LogP contribution in [0.25, 0.3) is 0 Å². The van der Waals surface area contributed by atoms with Gasteiger partial charge in [0, 0.05) is 24.3 Å². The van der Waals surface area contributed by atoms with Crippen molar-refractivity contribution in [2.45, 2.75) is 25.9 Å². The maximum absolute atomic E-state index is 13.9. The highest BCUT2D eigenvalue weighted by molar-refractivity contribution is 8.16. The van der Waals surface area contributed by atoms with E-state index in [1.54, 1.807) is 43.3 Å². The Morgan fingerprint density at radius 1 is 1.05 bits per heavy atom. The van der Waals surface area contributed by atoms with Crippen molar-refractivity contribution in [2.75, 3.05) is 19.5 Å². The monoisotopic (exact) mass is 572 g/mol. The Morgan fingerprint density at radius 2 is 1.75 bits per heavy atom. The average molecular weight is 573 g/mol. The number of aliphatic imine (C=N–C) groups is 1. The Labute approximate surface area is 243 Å². The van der Waals surface area contributed by atoms with Crippen molar-refractivity contribution in [3.05, 3.63) is 117 Å². The number of amides is 2. The number of benzene rings is 3. The molecule has 2 amide bonds. The number of halogens is 1. The van der Waals surface area contributed by atoms with E-state index in [-0.39, 0.29) is 18.2 Å². The van der Waals surface area contributed by atoms with Crippen molar-refractivity contribution in [3.63, 3.8) is 0 Å². The van der Waals surface area contributed by atoms with Gasteiger partial charge in [0.25, 0.3) is 5.91 Å². The minimum Gasteiger partial charge on any atom is -0.495 e. The second-order valence-corrected chi connectivity index (χ2v) is 10.8. The van der Waals surface area contributed by atoms with E-state index < -0.39 is 6.04 Å². The number of nitrogens with zero attached hydrogens (tertiary/aromatic N) is 3. The standard InChI is InChI=1S/C31H29ClN4O3S/c1-20-28(30(38)34-25-11-7-8-12-26(25)39-3)29(22-13-15-23(32)16-14-22)36-24(19-40-31(36)33-20)17-27(37)35(2)18-21-9-5-4-6-10-21/h4-16,19,29H,17-18H2,1-3H3,(H,34,38). The van der Waals surface area contributed by atoms with Gasteiger partial charge in [-0.15, -0.1) is 0 Å². The first-order chi connectivity index (χ1) is 19.4. The summed E-state index contributed by atoms with van der Waals surface area (Å²) < 4.78 is 5.44. The molecule has 1 atom stereocenters. The summed E-state index contributed by atoms with van der Waals surface area (Å²) >= 11 is 7.67. The van der Waals surface area contributed by atoms with Crippen LogP contribution in [0.4, 0.5) is 5.69 Å². The number of methoxy groups -OCH3 is 1. The van der Waals surface area contributed by atoms with Crippen LogP contribution in [0.2, 0.25) is 5.02 Å². The van der Waals surface area contributed by atoms with Gasteiger partial charge in [0.2, 0.25) is 5.91 Å². The maximum Gasteiger partial charge on any atom is 0.256 e. The predicted molar refractivity (Wildman–Crippen MR) is 161 cm³/mol. The van der Waals surface area contributed by atoms with Gasteiger partial charge in [-0.25, -0.2) is 4.99 Å². The Balaban J connectivity index is 1.46.